The molecule has 0 aliphatic carbocycles. The van der Waals surface area contributed by atoms with E-state index in [4.69, 9.17) is 0 Å². The van der Waals surface area contributed by atoms with E-state index in [0.29, 0.717) is 12.4 Å². The van der Waals surface area contributed by atoms with Crippen molar-refractivity contribution in [3.63, 3.8) is 0 Å². The largest absolute Gasteiger partial charge is 0.302 e. The van der Waals surface area contributed by atoms with Gasteiger partial charge in [0.25, 0.3) is 0 Å². The van der Waals surface area contributed by atoms with E-state index in [1.165, 1.54) is 0 Å². The molecule has 5 nitrogen and oxygen atoms in total. The SMILES string of the molecule is Brc1cnc(CN2c3ncccc3C=Cc3cccnc32)nc1. The maximum atomic E-state index is 4.54. The minimum Gasteiger partial charge on any atom is -0.302 e. The molecule has 0 radical (unpaired) electrons. The Bertz CT molecular complexity index is 827. The van der Waals surface area contributed by atoms with Crippen molar-refractivity contribution in [2.45, 2.75) is 6.54 Å². The molecule has 0 aromatic carbocycles. The van der Waals surface area contributed by atoms with Crippen LogP contribution in [0.1, 0.15) is 17.0 Å². The van der Waals surface area contributed by atoms with Gasteiger partial charge in [0.15, 0.2) is 0 Å². The molecular weight excluding hydrogens is 354 g/mol. The Morgan fingerprint density at radius 1 is 0.826 bits per heavy atom. The molecule has 0 unspecified atom stereocenters. The summed E-state index contributed by atoms with van der Waals surface area (Å²) in [5, 5.41) is 0. The summed E-state index contributed by atoms with van der Waals surface area (Å²) in [6.07, 6.45) is 11.2. The molecule has 0 N–H and O–H groups in total. The lowest BCUT2D eigenvalue weighted by Gasteiger charge is -2.23. The number of rotatable bonds is 2. The highest BCUT2D eigenvalue weighted by Crippen LogP contribution is 2.33. The van der Waals surface area contributed by atoms with Crippen LogP contribution in [0.4, 0.5) is 11.6 Å². The summed E-state index contributed by atoms with van der Waals surface area (Å²) in [6.45, 7) is 0.503. The van der Waals surface area contributed by atoms with Gasteiger partial charge in [-0.05, 0) is 40.2 Å². The van der Waals surface area contributed by atoms with Crippen molar-refractivity contribution in [2.75, 3.05) is 4.90 Å². The van der Waals surface area contributed by atoms with Crippen molar-refractivity contribution >= 4 is 39.7 Å². The summed E-state index contributed by atoms with van der Waals surface area (Å²) in [6, 6.07) is 7.95. The first kappa shape index (κ1) is 14.0. The molecule has 0 spiro atoms. The quantitative estimate of drug-likeness (QED) is 0.690. The predicted molar refractivity (Wildman–Crippen MR) is 93.0 cm³/mol. The standard InChI is InChI=1S/C17H12BrN5/c18-14-9-21-15(22-10-14)11-23-16-12(3-1-7-19-16)5-6-13-4-2-8-20-17(13)23/h1-10H,11H2. The molecule has 23 heavy (non-hydrogen) atoms. The molecule has 112 valence electrons. The fraction of sp³-hybridized carbons (Fsp3) is 0.0588. The molecule has 1 aliphatic rings. The summed E-state index contributed by atoms with van der Waals surface area (Å²) in [7, 11) is 0. The van der Waals surface area contributed by atoms with E-state index in [2.05, 4.69) is 48.0 Å². The lowest BCUT2D eigenvalue weighted by atomic mass is 10.2. The van der Waals surface area contributed by atoms with Crippen molar-refractivity contribution in [1.82, 2.24) is 19.9 Å². The van der Waals surface area contributed by atoms with Gasteiger partial charge >= 0.3 is 0 Å². The summed E-state index contributed by atoms with van der Waals surface area (Å²) in [4.78, 5) is 19.9. The number of halogens is 1. The van der Waals surface area contributed by atoms with Crippen LogP contribution in [0.5, 0.6) is 0 Å². The van der Waals surface area contributed by atoms with Crippen LogP contribution in [0, 0.1) is 0 Å². The van der Waals surface area contributed by atoms with Crippen LogP contribution in [0.15, 0.2) is 53.5 Å². The molecule has 0 bridgehead atoms. The zero-order valence-corrected chi connectivity index (χ0v) is 13.7. The molecule has 0 saturated heterocycles. The molecule has 0 fully saturated rings. The van der Waals surface area contributed by atoms with Crippen LogP contribution < -0.4 is 4.90 Å². The van der Waals surface area contributed by atoms with Crippen molar-refractivity contribution in [1.29, 1.82) is 0 Å². The van der Waals surface area contributed by atoms with E-state index in [-0.39, 0.29) is 0 Å². The van der Waals surface area contributed by atoms with Crippen LogP contribution in [-0.4, -0.2) is 19.9 Å². The second-order valence-electron chi connectivity index (χ2n) is 5.07. The van der Waals surface area contributed by atoms with E-state index in [0.717, 1.165) is 27.2 Å². The molecule has 3 aromatic heterocycles. The molecule has 0 saturated carbocycles. The number of hydrogen-bond donors (Lipinski definition) is 0. The molecule has 4 rings (SSSR count). The van der Waals surface area contributed by atoms with E-state index in [1.807, 2.05) is 29.2 Å². The normalized spacial score (nSPS) is 12.5. The van der Waals surface area contributed by atoms with Gasteiger partial charge < -0.3 is 4.90 Å². The molecule has 0 atom stereocenters. The first-order valence-electron chi connectivity index (χ1n) is 7.13. The van der Waals surface area contributed by atoms with Gasteiger partial charge in [-0.2, -0.15) is 0 Å². The Balaban J connectivity index is 1.83. The number of hydrogen-bond acceptors (Lipinski definition) is 5. The fourth-order valence-corrected chi connectivity index (χ4v) is 2.73. The monoisotopic (exact) mass is 365 g/mol. The fourth-order valence-electron chi connectivity index (χ4n) is 2.52. The molecule has 6 heteroatoms. The summed E-state index contributed by atoms with van der Waals surface area (Å²) < 4.78 is 0.857. The highest BCUT2D eigenvalue weighted by Gasteiger charge is 2.21. The minimum atomic E-state index is 0.503. The summed E-state index contributed by atoms with van der Waals surface area (Å²) in [5.41, 5.74) is 2.09. The van der Waals surface area contributed by atoms with Gasteiger partial charge in [0.05, 0.1) is 11.0 Å². The van der Waals surface area contributed by atoms with Gasteiger partial charge in [0.1, 0.15) is 17.5 Å². The number of nitrogens with zero attached hydrogens (tertiary/aromatic N) is 5. The van der Waals surface area contributed by atoms with E-state index >= 15 is 0 Å². The van der Waals surface area contributed by atoms with Crippen molar-refractivity contribution in [3.05, 3.63) is 70.5 Å². The first-order chi connectivity index (χ1) is 11.3. The minimum absolute atomic E-state index is 0.503. The maximum absolute atomic E-state index is 4.54. The third-order valence-corrected chi connectivity index (χ3v) is 3.97. The lowest BCUT2D eigenvalue weighted by molar-refractivity contribution is 0.840. The molecular formula is C17H12BrN5. The zero-order chi connectivity index (χ0) is 15.6. The van der Waals surface area contributed by atoms with Crippen LogP contribution >= 0.6 is 15.9 Å². The average molecular weight is 366 g/mol. The van der Waals surface area contributed by atoms with Crippen LogP contribution in [0.3, 0.4) is 0 Å². The van der Waals surface area contributed by atoms with Gasteiger partial charge in [0.2, 0.25) is 0 Å². The summed E-state index contributed by atoms with van der Waals surface area (Å²) >= 11 is 3.36. The van der Waals surface area contributed by atoms with E-state index in [1.54, 1.807) is 24.8 Å². The number of pyridine rings is 2. The Kier molecular flexibility index (Phi) is 3.59. The van der Waals surface area contributed by atoms with E-state index in [9.17, 15) is 0 Å². The Labute approximate surface area is 141 Å². The Morgan fingerprint density at radius 2 is 1.39 bits per heavy atom. The first-order valence-corrected chi connectivity index (χ1v) is 7.92. The highest BCUT2D eigenvalue weighted by atomic mass is 79.9. The smallest absolute Gasteiger partial charge is 0.148 e. The second-order valence-corrected chi connectivity index (χ2v) is 5.99. The van der Waals surface area contributed by atoms with Crippen molar-refractivity contribution < 1.29 is 0 Å². The van der Waals surface area contributed by atoms with Gasteiger partial charge in [-0.3, -0.25) is 0 Å². The molecule has 4 heterocycles. The van der Waals surface area contributed by atoms with Gasteiger partial charge in [-0.25, -0.2) is 19.9 Å². The third kappa shape index (κ3) is 2.73. The average Bonchev–Trinajstić information content (AvgIpc) is 2.75. The number of anilines is 2. The number of aromatic nitrogens is 4. The van der Waals surface area contributed by atoms with Gasteiger partial charge in [0, 0.05) is 35.9 Å². The van der Waals surface area contributed by atoms with Crippen molar-refractivity contribution in [3.8, 4) is 0 Å². The van der Waals surface area contributed by atoms with Crippen molar-refractivity contribution in [2.24, 2.45) is 0 Å². The number of fused-ring (bicyclic) bond motifs is 2. The van der Waals surface area contributed by atoms with E-state index < -0.39 is 0 Å². The van der Waals surface area contributed by atoms with Crippen LogP contribution in [0.25, 0.3) is 12.2 Å². The third-order valence-electron chi connectivity index (χ3n) is 3.56. The Morgan fingerprint density at radius 3 is 1.96 bits per heavy atom. The lowest BCUT2D eigenvalue weighted by Crippen LogP contribution is -2.21. The molecule has 0 amide bonds. The molecule has 1 aliphatic heterocycles. The molecule has 3 aromatic rings. The van der Waals surface area contributed by atoms with Gasteiger partial charge in [-0.15, -0.1) is 0 Å². The summed E-state index contributed by atoms with van der Waals surface area (Å²) in [5.74, 6) is 2.42. The van der Waals surface area contributed by atoms with Gasteiger partial charge in [-0.1, -0.05) is 12.2 Å². The highest BCUT2D eigenvalue weighted by molar-refractivity contribution is 9.10. The second kappa shape index (κ2) is 5.89. The Hall–Kier alpha value is -2.60. The zero-order valence-electron chi connectivity index (χ0n) is 12.1. The van der Waals surface area contributed by atoms with Crippen LogP contribution in [-0.2, 0) is 6.54 Å². The predicted octanol–water partition coefficient (Wildman–Crippen LogP) is 3.85. The van der Waals surface area contributed by atoms with Crippen LogP contribution in [0.2, 0.25) is 0 Å². The topological polar surface area (TPSA) is 54.8 Å². The maximum Gasteiger partial charge on any atom is 0.148 e.